The fourth-order valence-corrected chi connectivity index (χ4v) is 4.87. The van der Waals surface area contributed by atoms with Crippen molar-refractivity contribution < 1.29 is 4.79 Å². The Morgan fingerprint density at radius 1 is 1.03 bits per heavy atom. The van der Waals surface area contributed by atoms with Gasteiger partial charge in [0.2, 0.25) is 5.91 Å². The predicted octanol–water partition coefficient (Wildman–Crippen LogP) is 4.72. The van der Waals surface area contributed by atoms with Crippen molar-refractivity contribution in [1.29, 1.82) is 0 Å². The molecule has 3 aromatic rings. The molecule has 2 aromatic carbocycles. The number of carbonyl (C=O) groups is 1. The number of hydrogen-bond acceptors (Lipinski definition) is 6. The molecule has 0 aliphatic carbocycles. The Balaban J connectivity index is 1.24. The average Bonchev–Trinajstić information content (AvgIpc) is 2.88. The van der Waals surface area contributed by atoms with Gasteiger partial charge in [-0.15, -0.1) is 0 Å². The smallest absolute Gasteiger partial charge is 0.233 e. The highest BCUT2D eigenvalue weighted by Gasteiger charge is 2.21. The number of amides is 1. The van der Waals surface area contributed by atoms with E-state index in [0.717, 1.165) is 38.5 Å². The van der Waals surface area contributed by atoms with E-state index in [1.165, 1.54) is 22.9 Å². The molecule has 1 fully saturated rings. The van der Waals surface area contributed by atoms with Crippen molar-refractivity contribution in [1.82, 2.24) is 19.8 Å². The molecule has 0 bridgehead atoms. The number of anilines is 1. The summed E-state index contributed by atoms with van der Waals surface area (Å²) in [4.78, 5) is 28.1. The maximum Gasteiger partial charge on any atom is 0.233 e. The minimum atomic E-state index is 0.109. The largest absolute Gasteiger partial charge is 0.355 e. The van der Waals surface area contributed by atoms with Gasteiger partial charge in [-0.05, 0) is 11.1 Å². The van der Waals surface area contributed by atoms with Crippen LogP contribution in [0.3, 0.4) is 0 Å². The van der Waals surface area contributed by atoms with Crippen molar-refractivity contribution in [3.8, 4) is 0 Å². The zero-order chi connectivity index (χ0) is 24.5. The van der Waals surface area contributed by atoms with Crippen LogP contribution in [0.25, 0.3) is 6.08 Å². The van der Waals surface area contributed by atoms with E-state index in [1.807, 2.05) is 53.2 Å². The lowest BCUT2D eigenvalue weighted by Gasteiger charge is -2.34. The summed E-state index contributed by atoms with van der Waals surface area (Å²) in [5, 5.41) is 0.896. The molecule has 1 aromatic heterocycles. The molecule has 0 N–H and O–H groups in total. The van der Waals surface area contributed by atoms with E-state index < -0.39 is 0 Å². The van der Waals surface area contributed by atoms with Gasteiger partial charge in [-0.25, -0.2) is 9.97 Å². The number of aromatic nitrogens is 2. The first-order chi connectivity index (χ1) is 17.1. The van der Waals surface area contributed by atoms with Crippen molar-refractivity contribution >= 4 is 41.2 Å². The van der Waals surface area contributed by atoms with Crippen LogP contribution in [0.1, 0.15) is 11.1 Å². The first-order valence-electron chi connectivity index (χ1n) is 11.7. The summed E-state index contributed by atoms with van der Waals surface area (Å²) >= 11 is 7.60. The summed E-state index contributed by atoms with van der Waals surface area (Å²) in [5.41, 5.74) is 2.39. The van der Waals surface area contributed by atoms with Gasteiger partial charge in [-0.1, -0.05) is 96.2 Å². The molecule has 0 unspecified atom stereocenters. The number of piperazine rings is 1. The molecule has 4 rings (SSSR count). The number of halogens is 1. The standard InChI is InChI=1S/C27H30ClN5OS/c1-31(20-23-11-6-3-7-12-23)25-19-24(28)29-27(30-25)35-21-26(34)33-17-15-32(16-18-33)14-8-13-22-9-4-2-5-10-22/h2-13,19H,14-18,20-21H2,1H3/b13-8+. The van der Waals surface area contributed by atoms with Crippen LogP contribution in [0.2, 0.25) is 5.15 Å². The quantitative estimate of drug-likeness (QED) is 0.237. The molecule has 1 saturated heterocycles. The Morgan fingerprint density at radius 3 is 2.43 bits per heavy atom. The summed E-state index contributed by atoms with van der Waals surface area (Å²) in [6.45, 7) is 4.82. The highest BCUT2D eigenvalue weighted by Crippen LogP contribution is 2.23. The molecule has 8 heteroatoms. The third kappa shape index (κ3) is 7.82. The summed E-state index contributed by atoms with van der Waals surface area (Å²) in [5.74, 6) is 1.15. The van der Waals surface area contributed by atoms with E-state index in [-0.39, 0.29) is 5.91 Å². The van der Waals surface area contributed by atoms with E-state index in [0.29, 0.717) is 22.6 Å². The Morgan fingerprint density at radius 2 is 1.71 bits per heavy atom. The number of benzene rings is 2. The Hall–Kier alpha value is -2.87. The zero-order valence-electron chi connectivity index (χ0n) is 19.9. The first-order valence-corrected chi connectivity index (χ1v) is 13.1. The lowest BCUT2D eigenvalue weighted by Crippen LogP contribution is -2.49. The topological polar surface area (TPSA) is 52.6 Å². The zero-order valence-corrected chi connectivity index (χ0v) is 21.5. The lowest BCUT2D eigenvalue weighted by molar-refractivity contribution is -0.130. The third-order valence-corrected chi connectivity index (χ3v) is 6.86. The SMILES string of the molecule is CN(Cc1ccccc1)c1cc(Cl)nc(SCC(=O)N2CCN(C/C=C/c3ccccc3)CC2)n1. The van der Waals surface area contributed by atoms with Gasteiger partial charge in [0.15, 0.2) is 5.16 Å². The number of nitrogens with zero attached hydrogens (tertiary/aromatic N) is 5. The van der Waals surface area contributed by atoms with Gasteiger partial charge in [0.25, 0.3) is 0 Å². The lowest BCUT2D eigenvalue weighted by atomic mass is 10.2. The van der Waals surface area contributed by atoms with Crippen molar-refractivity contribution in [3.63, 3.8) is 0 Å². The molecule has 182 valence electrons. The molecule has 0 atom stereocenters. The fraction of sp³-hybridized carbons (Fsp3) is 0.296. The molecular weight excluding hydrogens is 478 g/mol. The van der Waals surface area contributed by atoms with Crippen LogP contribution >= 0.6 is 23.4 Å². The predicted molar refractivity (Wildman–Crippen MR) is 145 cm³/mol. The van der Waals surface area contributed by atoms with Gasteiger partial charge in [0.1, 0.15) is 11.0 Å². The third-order valence-electron chi connectivity index (χ3n) is 5.84. The monoisotopic (exact) mass is 507 g/mol. The molecule has 1 aliphatic heterocycles. The van der Waals surface area contributed by atoms with Crippen LogP contribution in [0.15, 0.2) is 78.0 Å². The maximum absolute atomic E-state index is 12.8. The van der Waals surface area contributed by atoms with Gasteiger partial charge in [-0.3, -0.25) is 9.69 Å². The molecule has 35 heavy (non-hydrogen) atoms. The van der Waals surface area contributed by atoms with Crippen molar-refractivity contribution in [2.75, 3.05) is 50.4 Å². The number of rotatable bonds is 9. The highest BCUT2D eigenvalue weighted by atomic mass is 35.5. The Labute approximate surface area is 216 Å². The van der Waals surface area contributed by atoms with E-state index in [2.05, 4.69) is 51.3 Å². The number of hydrogen-bond donors (Lipinski definition) is 0. The van der Waals surface area contributed by atoms with Crippen LogP contribution in [-0.4, -0.2) is 71.2 Å². The van der Waals surface area contributed by atoms with Crippen molar-refractivity contribution in [2.24, 2.45) is 0 Å². The Bertz CT molecular complexity index is 1120. The molecular formula is C27H30ClN5OS. The first kappa shape index (κ1) is 25.2. The molecule has 0 radical (unpaired) electrons. The van der Waals surface area contributed by atoms with Gasteiger partial charge >= 0.3 is 0 Å². The van der Waals surface area contributed by atoms with E-state index in [9.17, 15) is 4.79 Å². The molecule has 0 saturated carbocycles. The molecule has 1 aliphatic rings. The summed E-state index contributed by atoms with van der Waals surface area (Å²) in [6, 6.07) is 22.2. The minimum Gasteiger partial charge on any atom is -0.355 e. The van der Waals surface area contributed by atoms with Gasteiger partial charge in [0, 0.05) is 52.4 Å². The number of thioether (sulfide) groups is 1. The van der Waals surface area contributed by atoms with Crippen LogP contribution in [0.5, 0.6) is 0 Å². The maximum atomic E-state index is 12.8. The second-order valence-corrected chi connectivity index (χ2v) is 9.79. The molecule has 0 spiro atoms. The molecule has 6 nitrogen and oxygen atoms in total. The average molecular weight is 508 g/mol. The minimum absolute atomic E-state index is 0.109. The second kappa shape index (κ2) is 12.7. The molecule has 2 heterocycles. The van der Waals surface area contributed by atoms with Gasteiger partial charge < -0.3 is 9.80 Å². The fourth-order valence-electron chi connectivity index (χ4n) is 3.88. The van der Waals surface area contributed by atoms with Gasteiger partial charge in [-0.2, -0.15) is 0 Å². The van der Waals surface area contributed by atoms with Crippen LogP contribution < -0.4 is 4.90 Å². The summed E-state index contributed by atoms with van der Waals surface area (Å²) in [6.07, 6.45) is 4.33. The highest BCUT2D eigenvalue weighted by molar-refractivity contribution is 7.99. The van der Waals surface area contributed by atoms with Crippen molar-refractivity contribution in [2.45, 2.75) is 11.7 Å². The van der Waals surface area contributed by atoms with Crippen LogP contribution in [-0.2, 0) is 11.3 Å². The van der Waals surface area contributed by atoms with E-state index in [4.69, 9.17) is 11.6 Å². The summed E-state index contributed by atoms with van der Waals surface area (Å²) in [7, 11) is 1.97. The van der Waals surface area contributed by atoms with Crippen molar-refractivity contribution in [3.05, 3.63) is 89.1 Å². The second-order valence-electron chi connectivity index (χ2n) is 8.46. The Kier molecular flexibility index (Phi) is 9.17. The van der Waals surface area contributed by atoms with Crippen LogP contribution in [0.4, 0.5) is 5.82 Å². The molecule has 1 amide bonds. The number of carbonyl (C=O) groups excluding carboxylic acids is 1. The van der Waals surface area contributed by atoms with E-state index >= 15 is 0 Å². The van der Waals surface area contributed by atoms with Crippen LogP contribution in [0, 0.1) is 0 Å². The normalized spacial score (nSPS) is 14.4. The van der Waals surface area contributed by atoms with Gasteiger partial charge in [0.05, 0.1) is 5.75 Å². The van der Waals surface area contributed by atoms with E-state index in [1.54, 1.807) is 6.07 Å². The summed E-state index contributed by atoms with van der Waals surface area (Å²) < 4.78 is 0.